The molecule has 1 aliphatic heterocycles. The number of hydrogen-bond acceptors (Lipinski definition) is 3. The number of nitrogens with one attached hydrogen (secondary N) is 1. The number of anilines is 1. The van der Waals surface area contributed by atoms with Gasteiger partial charge < -0.3 is 16.0 Å². The Morgan fingerprint density at radius 2 is 2.39 bits per heavy atom. The van der Waals surface area contributed by atoms with Gasteiger partial charge in [-0.2, -0.15) is 0 Å². The smallest absolute Gasteiger partial charge is 0.222 e. The first kappa shape index (κ1) is 12.8. The first-order valence-corrected chi connectivity index (χ1v) is 6.09. The number of benzene rings is 1. The topological polar surface area (TPSA) is 58.4 Å². The molecule has 0 aromatic heterocycles. The van der Waals surface area contributed by atoms with Gasteiger partial charge in [0, 0.05) is 30.9 Å². The van der Waals surface area contributed by atoms with Gasteiger partial charge in [-0.05, 0) is 25.6 Å². The lowest BCUT2D eigenvalue weighted by atomic mass is 10.1. The molecule has 3 N–H and O–H groups in total. The van der Waals surface area contributed by atoms with Crippen LogP contribution in [-0.4, -0.2) is 26.0 Å². The van der Waals surface area contributed by atoms with Gasteiger partial charge in [0.25, 0.3) is 0 Å². The van der Waals surface area contributed by atoms with E-state index >= 15 is 0 Å². The molecule has 98 valence electrons. The molecule has 0 aliphatic carbocycles. The molecule has 4 nitrogen and oxygen atoms in total. The Hall–Kier alpha value is -1.62. The zero-order chi connectivity index (χ0) is 13.1. The molecule has 1 heterocycles. The normalized spacial score (nSPS) is 19.2. The van der Waals surface area contributed by atoms with Gasteiger partial charge in [-0.1, -0.05) is 6.07 Å². The molecule has 1 aromatic rings. The number of primary amides is 1. The summed E-state index contributed by atoms with van der Waals surface area (Å²) in [6, 6.07) is 5.04. The van der Waals surface area contributed by atoms with E-state index in [-0.39, 0.29) is 17.6 Å². The highest BCUT2D eigenvalue weighted by Crippen LogP contribution is 2.28. The predicted octanol–water partition coefficient (Wildman–Crippen LogP) is 0.857. The Balaban J connectivity index is 2.23. The van der Waals surface area contributed by atoms with Gasteiger partial charge in [0.2, 0.25) is 5.91 Å². The van der Waals surface area contributed by atoms with Crippen LogP contribution in [0, 0.1) is 11.7 Å². The van der Waals surface area contributed by atoms with E-state index < -0.39 is 0 Å². The van der Waals surface area contributed by atoms with Crippen molar-refractivity contribution in [2.24, 2.45) is 11.7 Å². The molecule has 0 radical (unpaired) electrons. The van der Waals surface area contributed by atoms with Crippen molar-refractivity contribution < 1.29 is 9.18 Å². The molecule has 1 atom stereocenters. The summed E-state index contributed by atoms with van der Waals surface area (Å²) in [5.41, 5.74) is 6.81. The van der Waals surface area contributed by atoms with Crippen molar-refractivity contribution in [2.75, 3.05) is 25.0 Å². The molecule has 2 rings (SSSR count). The van der Waals surface area contributed by atoms with Crippen LogP contribution < -0.4 is 16.0 Å². The van der Waals surface area contributed by atoms with Crippen LogP contribution in [-0.2, 0) is 11.3 Å². The van der Waals surface area contributed by atoms with Crippen LogP contribution in [0.2, 0.25) is 0 Å². The Kier molecular flexibility index (Phi) is 3.81. The number of amides is 1. The van der Waals surface area contributed by atoms with Crippen molar-refractivity contribution in [1.29, 1.82) is 0 Å². The minimum Gasteiger partial charge on any atom is -0.370 e. The number of rotatable bonds is 4. The maximum atomic E-state index is 13.8. The molecule has 0 spiro atoms. The van der Waals surface area contributed by atoms with Gasteiger partial charge in [-0.3, -0.25) is 4.79 Å². The van der Waals surface area contributed by atoms with Crippen molar-refractivity contribution in [3.8, 4) is 0 Å². The number of nitrogens with two attached hydrogens (primary N) is 1. The third-order valence-corrected chi connectivity index (χ3v) is 3.38. The van der Waals surface area contributed by atoms with E-state index in [4.69, 9.17) is 5.73 Å². The van der Waals surface area contributed by atoms with E-state index in [1.807, 2.05) is 11.0 Å². The summed E-state index contributed by atoms with van der Waals surface area (Å²) in [7, 11) is 1.78. The summed E-state index contributed by atoms with van der Waals surface area (Å²) in [6.07, 6.45) is 0.741. The molecule has 0 saturated carbocycles. The minimum atomic E-state index is -0.274. The van der Waals surface area contributed by atoms with Gasteiger partial charge in [0.15, 0.2) is 0 Å². The van der Waals surface area contributed by atoms with E-state index in [9.17, 15) is 9.18 Å². The van der Waals surface area contributed by atoms with Crippen LogP contribution >= 0.6 is 0 Å². The lowest BCUT2D eigenvalue weighted by Crippen LogP contribution is -2.28. The average Bonchev–Trinajstić information content (AvgIpc) is 2.81. The standard InChI is InChI=1S/C13H18FN3O/c1-16-7-10-11(14)3-2-4-12(10)17-6-5-9(8-17)13(15)18/h2-4,9,16H,5-8H2,1H3,(H2,15,18). The largest absolute Gasteiger partial charge is 0.370 e. The van der Waals surface area contributed by atoms with Crippen LogP contribution in [0.5, 0.6) is 0 Å². The van der Waals surface area contributed by atoms with Crippen LogP contribution in [0.25, 0.3) is 0 Å². The fourth-order valence-electron chi connectivity index (χ4n) is 2.41. The number of carbonyl (C=O) groups excluding carboxylic acids is 1. The summed E-state index contributed by atoms with van der Waals surface area (Å²) < 4.78 is 13.8. The lowest BCUT2D eigenvalue weighted by molar-refractivity contribution is -0.121. The molecule has 18 heavy (non-hydrogen) atoms. The maximum absolute atomic E-state index is 13.8. The predicted molar refractivity (Wildman–Crippen MR) is 68.7 cm³/mol. The summed E-state index contributed by atoms with van der Waals surface area (Å²) in [5.74, 6) is -0.621. The minimum absolute atomic E-state index is 0.129. The quantitative estimate of drug-likeness (QED) is 0.834. The van der Waals surface area contributed by atoms with E-state index in [1.165, 1.54) is 6.07 Å². The first-order chi connectivity index (χ1) is 8.63. The Morgan fingerprint density at radius 3 is 3.00 bits per heavy atom. The van der Waals surface area contributed by atoms with Crippen LogP contribution in [0.4, 0.5) is 10.1 Å². The molecule has 1 unspecified atom stereocenters. The summed E-state index contributed by atoms with van der Waals surface area (Å²) in [5, 5.41) is 2.96. The molecular weight excluding hydrogens is 233 g/mol. The zero-order valence-electron chi connectivity index (χ0n) is 10.4. The highest BCUT2D eigenvalue weighted by molar-refractivity contribution is 5.78. The van der Waals surface area contributed by atoms with Gasteiger partial charge in [0.05, 0.1) is 5.92 Å². The molecule has 1 saturated heterocycles. The fourth-order valence-corrected chi connectivity index (χ4v) is 2.41. The van der Waals surface area contributed by atoms with E-state index in [1.54, 1.807) is 13.1 Å². The molecule has 0 bridgehead atoms. The van der Waals surface area contributed by atoms with E-state index in [2.05, 4.69) is 5.32 Å². The lowest BCUT2D eigenvalue weighted by Gasteiger charge is -2.22. The molecule has 1 fully saturated rings. The van der Waals surface area contributed by atoms with Crippen molar-refractivity contribution in [2.45, 2.75) is 13.0 Å². The number of halogens is 1. The van der Waals surface area contributed by atoms with Crippen LogP contribution in [0.15, 0.2) is 18.2 Å². The Labute approximate surface area is 106 Å². The molecule has 5 heteroatoms. The van der Waals surface area contributed by atoms with Crippen molar-refractivity contribution in [3.05, 3.63) is 29.6 Å². The zero-order valence-corrected chi connectivity index (χ0v) is 10.4. The average molecular weight is 251 g/mol. The third-order valence-electron chi connectivity index (χ3n) is 3.38. The second-order valence-corrected chi connectivity index (χ2v) is 4.60. The summed E-state index contributed by atoms with van der Waals surface area (Å²) in [6.45, 7) is 1.79. The van der Waals surface area contributed by atoms with Gasteiger partial charge >= 0.3 is 0 Å². The number of nitrogens with zero attached hydrogens (tertiary/aromatic N) is 1. The van der Waals surface area contributed by atoms with Gasteiger partial charge in [-0.25, -0.2) is 4.39 Å². The molecule has 1 aromatic carbocycles. The van der Waals surface area contributed by atoms with Crippen LogP contribution in [0.1, 0.15) is 12.0 Å². The fraction of sp³-hybridized carbons (Fsp3) is 0.462. The van der Waals surface area contributed by atoms with E-state index in [0.29, 0.717) is 18.7 Å². The maximum Gasteiger partial charge on any atom is 0.222 e. The van der Waals surface area contributed by atoms with Gasteiger partial charge in [-0.15, -0.1) is 0 Å². The number of hydrogen-bond donors (Lipinski definition) is 2. The second-order valence-electron chi connectivity index (χ2n) is 4.60. The first-order valence-electron chi connectivity index (χ1n) is 6.09. The Morgan fingerprint density at radius 1 is 1.61 bits per heavy atom. The van der Waals surface area contributed by atoms with Crippen molar-refractivity contribution in [3.63, 3.8) is 0 Å². The molecule has 1 aliphatic rings. The van der Waals surface area contributed by atoms with E-state index in [0.717, 1.165) is 18.7 Å². The SMILES string of the molecule is CNCc1c(F)cccc1N1CCC(C(N)=O)C1. The molecular formula is C13H18FN3O. The highest BCUT2D eigenvalue weighted by atomic mass is 19.1. The second kappa shape index (κ2) is 5.35. The van der Waals surface area contributed by atoms with Gasteiger partial charge in [0.1, 0.15) is 5.82 Å². The molecule has 1 amide bonds. The number of carbonyl (C=O) groups is 1. The third kappa shape index (κ3) is 2.46. The highest BCUT2D eigenvalue weighted by Gasteiger charge is 2.28. The van der Waals surface area contributed by atoms with Crippen molar-refractivity contribution in [1.82, 2.24) is 5.32 Å². The monoisotopic (exact) mass is 251 g/mol. The summed E-state index contributed by atoms with van der Waals surface area (Å²) in [4.78, 5) is 13.2. The Bertz CT molecular complexity index is 450. The van der Waals surface area contributed by atoms with Crippen LogP contribution in [0.3, 0.4) is 0 Å². The van der Waals surface area contributed by atoms with Crippen molar-refractivity contribution >= 4 is 11.6 Å². The summed E-state index contributed by atoms with van der Waals surface area (Å²) >= 11 is 0.